The van der Waals surface area contributed by atoms with Crippen molar-refractivity contribution in [1.82, 2.24) is 14.1 Å². The fourth-order valence-corrected chi connectivity index (χ4v) is 13.2. The first-order valence-corrected chi connectivity index (χ1v) is 30.0. The number of hydrogen-bond acceptors (Lipinski definition) is 3. The third-order valence-corrected chi connectivity index (χ3v) is 17.1. The van der Waals surface area contributed by atoms with Gasteiger partial charge in [0.05, 0.1) is 36.1 Å². The number of anilines is 3. The summed E-state index contributed by atoms with van der Waals surface area (Å²) in [6.07, 6.45) is 5.33. The van der Waals surface area contributed by atoms with Gasteiger partial charge in [0.15, 0.2) is 0 Å². The second kappa shape index (κ2) is 23.9. The van der Waals surface area contributed by atoms with E-state index in [0.717, 1.165) is 66.5 Å². The van der Waals surface area contributed by atoms with Crippen molar-refractivity contribution in [3.8, 4) is 84.3 Å². The van der Waals surface area contributed by atoms with Crippen LogP contribution in [0, 0.1) is 18.5 Å². The molecule has 1 aliphatic rings. The van der Waals surface area contributed by atoms with E-state index >= 15 is 0 Å². The molecule has 13 aromatic carbocycles. The Morgan fingerprint density at radius 1 is 0.435 bits per heavy atom. The second-order valence-electron chi connectivity index (χ2n) is 22.2. The maximum Gasteiger partial charge on any atom is 0.268 e. The Balaban J connectivity index is 0.00000805. The summed E-state index contributed by atoms with van der Waals surface area (Å²) in [5, 5.41) is 1.90. The van der Waals surface area contributed by atoms with Gasteiger partial charge in [0, 0.05) is 61.7 Å². The molecule has 0 unspecified atom stereocenters. The van der Waals surface area contributed by atoms with Gasteiger partial charge in [-0.25, -0.2) is 4.98 Å². The molecule has 0 atom stereocenters. The van der Waals surface area contributed by atoms with Crippen molar-refractivity contribution < 1.29 is 44.1 Å². The molecule has 6 nitrogen and oxygen atoms in total. The molecule has 436 valence electrons. The van der Waals surface area contributed by atoms with Crippen LogP contribution in [0.4, 0.5) is 17.1 Å². The van der Waals surface area contributed by atoms with Gasteiger partial charge in [-0.15, -0.1) is 29.7 Å². The summed E-state index contributed by atoms with van der Waals surface area (Å²) in [7, 11) is 0. The van der Waals surface area contributed by atoms with E-state index < -0.39 is 60.4 Å². The molecule has 0 amide bonds. The van der Waals surface area contributed by atoms with Crippen molar-refractivity contribution in [2.45, 2.75) is 0 Å². The van der Waals surface area contributed by atoms with Gasteiger partial charge in [0.2, 0.25) is 6.71 Å². The van der Waals surface area contributed by atoms with Gasteiger partial charge in [-0.1, -0.05) is 272 Å². The SMILES string of the molecule is [2H]c1c([2H])c([2H])c(-c2cccc(-c3c([2H])c([2H])c([2H])c([2H])c3[2H])c2-[n+]2[c-]n(-c3[c-]c(Oc4[c-]c5c(cc4)c4cc(-c6ccccc6)ccc4n5-c4cc(N5c6ccccc6B(c6c(-c7ccccc7)cccc6-c6ccccc6)c6ccccc65)ccn4)ccc3)c3ccccc32)c([2H])c1[2H].[Pt]. The van der Waals surface area contributed by atoms with Crippen molar-refractivity contribution in [2.24, 2.45) is 0 Å². The minimum atomic E-state index is -0.582. The quantitative estimate of drug-likeness (QED) is 0.0695. The van der Waals surface area contributed by atoms with Crippen molar-refractivity contribution in [1.29, 1.82) is 0 Å². The maximum atomic E-state index is 9.16. The van der Waals surface area contributed by atoms with Gasteiger partial charge in [-0.3, -0.25) is 4.57 Å². The topological polar surface area (TPSA) is 39.1 Å². The van der Waals surface area contributed by atoms with Crippen LogP contribution in [0.5, 0.6) is 11.5 Å². The summed E-state index contributed by atoms with van der Waals surface area (Å²) < 4.78 is 101. The summed E-state index contributed by atoms with van der Waals surface area (Å²) in [6.45, 7) is -0.150. The third-order valence-electron chi connectivity index (χ3n) is 17.1. The van der Waals surface area contributed by atoms with Crippen LogP contribution in [-0.4, -0.2) is 20.8 Å². The molecule has 16 aromatic rings. The molecule has 17 rings (SSSR count). The van der Waals surface area contributed by atoms with E-state index in [-0.39, 0.29) is 55.7 Å². The van der Waals surface area contributed by atoms with E-state index in [0.29, 0.717) is 39.6 Å². The first-order valence-electron chi connectivity index (χ1n) is 35.0. The Hall–Kier alpha value is -11.4. The number of fused-ring (bicyclic) bond motifs is 6. The van der Waals surface area contributed by atoms with Gasteiger partial charge in [0.25, 0.3) is 6.33 Å². The molecule has 3 aromatic heterocycles. The standard InChI is InChI=1S/C84H54BN5O.Pt/c1-6-25-58(26-7-1)63-47-50-76-73(53-63)72-49-48-67(91-66-36-22-35-64(54-66)87-57-88(80-46-21-20-45-79(80)87)84-70(61-31-12-4-13-32-61)39-24-40-71(84)62-33-14-5-15-34-62)56-81(72)90(76)82-55-65(51-52-86-82)89-77-43-18-16-41-74(77)85(75-42-17-19-44-78(75)89)83-68(59-27-8-2-9-28-59)37-23-38-69(83)60-29-10-3-11-30-60;/h1-53,55H;/q-2;/i4D,5D,12D,13D,14D,15D,31D,32D,33D,34D;. The first kappa shape index (κ1) is 45.8. The molecule has 0 fully saturated rings. The number of nitrogens with zero attached hydrogens (tertiary/aromatic N) is 5. The van der Waals surface area contributed by atoms with Crippen molar-refractivity contribution in [3.05, 3.63) is 346 Å². The zero-order valence-corrected chi connectivity index (χ0v) is 51.2. The second-order valence-corrected chi connectivity index (χ2v) is 22.2. The largest absolute Gasteiger partial charge is 0.510 e. The van der Waals surface area contributed by atoms with Crippen molar-refractivity contribution >= 4 is 73.0 Å². The van der Waals surface area contributed by atoms with Crippen LogP contribution in [0.3, 0.4) is 0 Å². The summed E-state index contributed by atoms with van der Waals surface area (Å²) in [5.74, 6) is 1.37. The van der Waals surface area contributed by atoms with Gasteiger partial charge >= 0.3 is 0 Å². The Morgan fingerprint density at radius 3 is 1.65 bits per heavy atom. The smallest absolute Gasteiger partial charge is 0.268 e. The molecular weight excluding hydrogens is 1300 g/mol. The fraction of sp³-hybridized carbons (Fsp3) is 0. The third kappa shape index (κ3) is 9.82. The van der Waals surface area contributed by atoms with E-state index in [4.69, 9.17) is 23.4 Å². The molecule has 0 saturated carbocycles. The predicted molar refractivity (Wildman–Crippen MR) is 373 cm³/mol. The van der Waals surface area contributed by atoms with Crippen LogP contribution < -0.4 is 30.6 Å². The summed E-state index contributed by atoms with van der Waals surface area (Å²) in [5.41, 5.74) is 16.6. The summed E-state index contributed by atoms with van der Waals surface area (Å²) in [6, 6.07) is 89.7. The molecule has 0 aliphatic carbocycles. The van der Waals surface area contributed by atoms with Gasteiger partial charge in [-0.05, 0) is 102 Å². The molecule has 92 heavy (non-hydrogen) atoms. The van der Waals surface area contributed by atoms with Crippen LogP contribution >= 0.6 is 0 Å². The monoisotopic (exact) mass is 1360 g/mol. The molecule has 1 aliphatic heterocycles. The summed E-state index contributed by atoms with van der Waals surface area (Å²) in [4.78, 5) is 7.54. The Bertz CT molecular complexity index is 5810. The molecule has 8 heteroatoms. The Kier molecular flexibility index (Phi) is 11.9. The van der Waals surface area contributed by atoms with E-state index in [2.05, 4.69) is 198 Å². The van der Waals surface area contributed by atoms with E-state index in [1.807, 2.05) is 72.9 Å². The minimum Gasteiger partial charge on any atom is -0.510 e. The molecule has 0 N–H and O–H groups in total. The zero-order valence-electron chi connectivity index (χ0n) is 58.9. The number of para-hydroxylation sites is 5. The average molecular weight is 1370 g/mol. The van der Waals surface area contributed by atoms with Gasteiger partial charge in [-0.2, -0.15) is 18.2 Å². The summed E-state index contributed by atoms with van der Waals surface area (Å²) >= 11 is 0. The number of aromatic nitrogens is 4. The minimum absolute atomic E-state index is 0. The van der Waals surface area contributed by atoms with Crippen molar-refractivity contribution in [3.63, 3.8) is 0 Å². The van der Waals surface area contributed by atoms with E-state index in [1.165, 1.54) is 16.6 Å². The number of hydrogen-bond donors (Lipinski definition) is 0. The van der Waals surface area contributed by atoms with Crippen LogP contribution in [-0.2, 0) is 21.1 Å². The van der Waals surface area contributed by atoms with E-state index in [9.17, 15) is 0 Å². The Morgan fingerprint density at radius 2 is 1.00 bits per heavy atom. The average Bonchev–Trinajstić information content (AvgIpc) is 1.19. The Labute approximate surface area is 563 Å². The number of imidazole rings is 1. The van der Waals surface area contributed by atoms with Crippen LogP contribution in [0.2, 0.25) is 0 Å². The predicted octanol–water partition coefficient (Wildman–Crippen LogP) is 18.2. The molecule has 0 saturated heterocycles. The molecular formula is C84H54BN5OPt-2. The van der Waals surface area contributed by atoms with Gasteiger partial charge in [0.1, 0.15) is 5.82 Å². The number of rotatable bonds is 12. The van der Waals surface area contributed by atoms with Crippen LogP contribution in [0.15, 0.2) is 327 Å². The first-order chi connectivity index (χ1) is 49.3. The normalized spacial score (nSPS) is 13.3. The van der Waals surface area contributed by atoms with E-state index in [1.54, 1.807) is 33.4 Å². The fourth-order valence-electron chi connectivity index (χ4n) is 13.2. The van der Waals surface area contributed by atoms with Crippen LogP contribution in [0.1, 0.15) is 13.7 Å². The number of ether oxygens (including phenoxy) is 1. The molecule has 0 bridgehead atoms. The zero-order chi connectivity index (χ0) is 68.9. The molecule has 0 spiro atoms. The number of benzene rings is 13. The maximum absolute atomic E-state index is 9.16. The van der Waals surface area contributed by atoms with Gasteiger partial charge < -0.3 is 18.8 Å². The number of pyridine rings is 1. The van der Waals surface area contributed by atoms with Crippen molar-refractivity contribution in [2.75, 3.05) is 4.90 Å². The van der Waals surface area contributed by atoms with Crippen LogP contribution in [0.25, 0.3) is 106 Å². The molecule has 4 heterocycles. The molecule has 0 radical (unpaired) electrons.